The highest BCUT2D eigenvalue weighted by molar-refractivity contribution is 8.01. The molecule has 20 heteroatoms. The number of nitrogens with zero attached hydrogens (tertiary/aromatic N) is 5. The molecule has 15 nitrogen and oxygen atoms in total. The first-order valence-electron chi connectivity index (χ1n) is 13.1. The number of nitrogens with two attached hydrogens (primary N) is 1. The Kier molecular flexibility index (Phi) is 11.3. The number of hydrogen-bond acceptors (Lipinski definition) is 17. The van der Waals surface area contributed by atoms with Crippen molar-refractivity contribution in [2.75, 3.05) is 17.2 Å². The molecular formula is C24H28ClN7O8S4. The van der Waals surface area contributed by atoms with Crippen molar-refractivity contribution in [1.29, 1.82) is 0 Å². The van der Waals surface area contributed by atoms with Gasteiger partial charge in [0.1, 0.15) is 33.9 Å². The van der Waals surface area contributed by atoms with Gasteiger partial charge in [-0.05, 0) is 38.2 Å². The Morgan fingerprint density at radius 3 is 2.66 bits per heavy atom. The molecule has 238 valence electrons. The van der Waals surface area contributed by atoms with Crippen LogP contribution in [0.4, 0.5) is 9.93 Å². The molecule has 0 bridgehead atoms. The average molecular weight is 706 g/mol. The summed E-state index contributed by atoms with van der Waals surface area (Å²) < 4.78 is 16.5. The number of nitrogen functional groups attached to an aromatic ring is 1. The van der Waals surface area contributed by atoms with E-state index in [2.05, 4.69) is 25.7 Å². The Morgan fingerprint density at radius 2 is 2.02 bits per heavy atom. The molecule has 2 aromatic rings. The number of β-lactam (4-membered cyclic amide) rings is 1. The van der Waals surface area contributed by atoms with E-state index in [1.807, 2.05) is 6.92 Å². The van der Waals surface area contributed by atoms with E-state index < -0.39 is 47.4 Å². The van der Waals surface area contributed by atoms with Crippen LogP contribution in [0, 0.1) is 6.92 Å². The summed E-state index contributed by atoms with van der Waals surface area (Å²) in [5.41, 5.74) is 5.86. The first kappa shape index (κ1) is 33.8. The fraction of sp³-hybridized carbons (Fsp3) is 0.500. The molecule has 1 aliphatic carbocycles. The minimum absolute atomic E-state index is 0. The Morgan fingerprint density at radius 1 is 1.27 bits per heavy atom. The van der Waals surface area contributed by atoms with Crippen LogP contribution >= 0.6 is 58.6 Å². The summed E-state index contributed by atoms with van der Waals surface area (Å²) in [6.07, 6.45) is 0.981. The Labute approximate surface area is 273 Å². The molecule has 1 saturated carbocycles. The zero-order valence-electron chi connectivity index (χ0n) is 23.3. The van der Waals surface area contributed by atoms with Crippen LogP contribution in [0.3, 0.4) is 0 Å². The van der Waals surface area contributed by atoms with Crippen molar-refractivity contribution >= 4 is 93.4 Å². The van der Waals surface area contributed by atoms with Crippen molar-refractivity contribution in [3.8, 4) is 0 Å². The SMILES string of the molecule is Cc1nnc(SCC2=C(C(=O)OC(C)OC(=O)OC3CCCC3)N3C(=O)[C@@H](NC(=O)/C(=N\O)c4csc(N)n4)[C@@H]3SC2)s1.Cl. The molecule has 2 amide bonds. The number of anilines is 1. The summed E-state index contributed by atoms with van der Waals surface area (Å²) in [5, 5.41) is 24.8. The van der Waals surface area contributed by atoms with Crippen molar-refractivity contribution in [3.63, 3.8) is 0 Å². The van der Waals surface area contributed by atoms with Gasteiger partial charge in [0.15, 0.2) is 15.2 Å². The van der Waals surface area contributed by atoms with E-state index in [1.54, 1.807) is 0 Å². The number of amides is 2. The molecule has 0 radical (unpaired) electrons. The third kappa shape index (κ3) is 7.56. The molecule has 3 aliphatic rings. The minimum atomic E-state index is -1.29. The molecule has 1 unspecified atom stereocenters. The number of rotatable bonds is 10. The quantitative estimate of drug-likeness (QED) is 0.0618. The van der Waals surface area contributed by atoms with E-state index in [9.17, 15) is 24.4 Å². The summed E-state index contributed by atoms with van der Waals surface area (Å²) in [4.78, 5) is 57.1. The lowest BCUT2D eigenvalue weighted by molar-refractivity contribution is -0.169. The Hall–Kier alpha value is -3.13. The number of hydrogen-bond donors (Lipinski definition) is 3. The lowest BCUT2D eigenvalue weighted by Crippen LogP contribution is -2.71. The maximum absolute atomic E-state index is 13.5. The normalized spacial score (nSPS) is 20.7. The lowest BCUT2D eigenvalue weighted by Gasteiger charge is -2.49. The van der Waals surface area contributed by atoms with Gasteiger partial charge < -0.3 is 30.5 Å². The number of oxime groups is 1. The zero-order valence-corrected chi connectivity index (χ0v) is 27.4. The number of fused-ring (bicyclic) bond motifs is 1. The van der Waals surface area contributed by atoms with Gasteiger partial charge in [0.25, 0.3) is 11.8 Å². The molecule has 4 heterocycles. The van der Waals surface area contributed by atoms with E-state index in [0.29, 0.717) is 21.4 Å². The molecule has 4 N–H and O–H groups in total. The van der Waals surface area contributed by atoms with Gasteiger partial charge in [0, 0.05) is 23.8 Å². The average Bonchev–Trinajstić information content (AvgIpc) is 3.73. The van der Waals surface area contributed by atoms with Gasteiger partial charge in [-0.3, -0.25) is 14.5 Å². The fourth-order valence-electron chi connectivity index (χ4n) is 4.62. The monoisotopic (exact) mass is 705 g/mol. The standard InChI is InChI=1S/C24H27N7O8S4.ClH/c1-10-28-29-23(43-10)42-8-12-7-40-20-16(27-18(32)15(30-36)14-9-41-22(25)26-14)19(33)31(20)17(12)21(34)37-11(2)38-24(35)39-13-5-3-4-6-13;/h9,11,13,16,20,36H,3-8H2,1-2H3,(H2,25,26)(H,27,32);1H/b30-15-;/t11?,16-,20+;/m1./s1. The van der Waals surface area contributed by atoms with Gasteiger partial charge in [-0.15, -0.1) is 45.7 Å². The van der Waals surface area contributed by atoms with E-state index in [1.165, 1.54) is 52.1 Å². The predicted molar refractivity (Wildman–Crippen MR) is 165 cm³/mol. The highest BCUT2D eigenvalue weighted by Crippen LogP contribution is 2.42. The van der Waals surface area contributed by atoms with Crippen LogP contribution in [0.15, 0.2) is 26.1 Å². The third-order valence-electron chi connectivity index (χ3n) is 6.58. The fourth-order valence-corrected chi connectivity index (χ4v) is 8.47. The van der Waals surface area contributed by atoms with Gasteiger partial charge >= 0.3 is 12.1 Å². The first-order chi connectivity index (χ1) is 20.6. The van der Waals surface area contributed by atoms with Crippen LogP contribution in [0.1, 0.15) is 43.3 Å². The molecule has 0 spiro atoms. The van der Waals surface area contributed by atoms with Gasteiger partial charge in [-0.2, -0.15) is 0 Å². The van der Waals surface area contributed by atoms with Crippen molar-refractivity contribution < 1.29 is 38.6 Å². The molecule has 2 aromatic heterocycles. The number of ether oxygens (including phenoxy) is 3. The number of aryl methyl sites for hydroxylation is 1. The maximum atomic E-state index is 13.5. The van der Waals surface area contributed by atoms with Gasteiger partial charge in [-0.25, -0.2) is 14.6 Å². The summed E-state index contributed by atoms with van der Waals surface area (Å²) >= 11 is 5.15. The van der Waals surface area contributed by atoms with Gasteiger partial charge in [-0.1, -0.05) is 28.3 Å². The molecule has 2 aliphatic heterocycles. The second-order valence-corrected chi connectivity index (χ2v) is 14.0. The van der Waals surface area contributed by atoms with Crippen molar-refractivity contribution in [1.82, 2.24) is 25.4 Å². The zero-order chi connectivity index (χ0) is 30.7. The number of carbonyl (C=O) groups is 4. The van der Waals surface area contributed by atoms with Crippen molar-refractivity contribution in [2.24, 2.45) is 5.16 Å². The number of thiazole rings is 1. The second kappa shape index (κ2) is 14.8. The van der Waals surface area contributed by atoms with Crippen molar-refractivity contribution in [2.45, 2.75) is 67.7 Å². The van der Waals surface area contributed by atoms with E-state index in [-0.39, 0.29) is 35.0 Å². The highest BCUT2D eigenvalue weighted by atomic mass is 35.5. The number of nitrogens with one attached hydrogen (secondary N) is 1. The molecule has 0 aromatic carbocycles. The van der Waals surface area contributed by atoms with Crippen LogP contribution in [-0.2, 0) is 28.6 Å². The second-order valence-electron chi connectivity index (χ2n) is 9.57. The molecule has 5 rings (SSSR count). The summed E-state index contributed by atoms with van der Waals surface area (Å²) in [6, 6.07) is -1.02. The van der Waals surface area contributed by atoms with Crippen LogP contribution < -0.4 is 11.1 Å². The smallest absolute Gasteiger partial charge is 0.431 e. The Bertz CT molecular complexity index is 1480. The third-order valence-corrected chi connectivity index (χ3v) is 10.7. The van der Waals surface area contributed by atoms with Gasteiger partial charge in [0.05, 0.1) is 0 Å². The number of esters is 1. The first-order valence-corrected chi connectivity index (χ1v) is 16.8. The van der Waals surface area contributed by atoms with Crippen LogP contribution in [0.5, 0.6) is 0 Å². The van der Waals surface area contributed by atoms with Crippen LogP contribution in [-0.4, -0.2) is 90.3 Å². The van der Waals surface area contributed by atoms with Crippen molar-refractivity contribution in [3.05, 3.63) is 27.4 Å². The lowest BCUT2D eigenvalue weighted by atomic mass is 10.0. The molecule has 3 atom stereocenters. The number of thioether (sulfide) groups is 2. The predicted octanol–water partition coefficient (Wildman–Crippen LogP) is 2.92. The van der Waals surface area contributed by atoms with Gasteiger partial charge in [0.2, 0.25) is 6.29 Å². The summed E-state index contributed by atoms with van der Waals surface area (Å²) in [5.74, 6) is -1.64. The summed E-state index contributed by atoms with van der Waals surface area (Å²) in [6.45, 7) is 3.21. The van der Waals surface area contributed by atoms with E-state index in [4.69, 9.17) is 19.9 Å². The number of carbonyl (C=O) groups excluding carboxylic acids is 4. The molecule has 44 heavy (non-hydrogen) atoms. The highest BCUT2D eigenvalue weighted by Gasteiger charge is 2.55. The largest absolute Gasteiger partial charge is 0.511 e. The van der Waals surface area contributed by atoms with Crippen LogP contribution in [0.2, 0.25) is 0 Å². The molecular weight excluding hydrogens is 678 g/mol. The maximum Gasteiger partial charge on any atom is 0.511 e. The molecule has 2 fully saturated rings. The van der Waals surface area contributed by atoms with Crippen LogP contribution in [0.25, 0.3) is 0 Å². The molecule has 1 saturated heterocycles. The Balaban J connectivity index is 0.00000442. The number of aromatic nitrogens is 3. The topological polar surface area (TPSA) is 209 Å². The van der Waals surface area contributed by atoms with E-state index in [0.717, 1.165) is 42.0 Å². The minimum Gasteiger partial charge on any atom is -0.431 e. The van der Waals surface area contributed by atoms with E-state index >= 15 is 0 Å². The summed E-state index contributed by atoms with van der Waals surface area (Å²) in [7, 11) is 0. The number of halogens is 1.